The second-order valence-corrected chi connectivity index (χ2v) is 12.2. The minimum absolute atomic E-state index is 0.227. The molecule has 40 heavy (non-hydrogen) atoms. The smallest absolute Gasteiger partial charge is 0.410 e. The van der Waals surface area contributed by atoms with Crippen LogP contribution in [0.4, 0.5) is 4.79 Å². The van der Waals surface area contributed by atoms with Crippen LogP contribution in [0.3, 0.4) is 0 Å². The van der Waals surface area contributed by atoms with Crippen LogP contribution in [0.1, 0.15) is 57.1 Å². The molecule has 1 aliphatic carbocycles. The minimum atomic E-state index is -0.470. The number of imidazole rings is 1. The molecule has 0 radical (unpaired) electrons. The second kappa shape index (κ2) is 11.0. The fourth-order valence-corrected chi connectivity index (χ4v) is 5.45. The van der Waals surface area contributed by atoms with Gasteiger partial charge in [0.25, 0.3) is 0 Å². The monoisotopic (exact) mass is 541 g/mol. The van der Waals surface area contributed by atoms with E-state index in [9.17, 15) is 4.79 Å². The van der Waals surface area contributed by atoms with Crippen molar-refractivity contribution in [2.45, 2.75) is 65.1 Å². The Morgan fingerprint density at radius 2 is 1.90 bits per heavy atom. The molecule has 4 aromatic rings. The zero-order valence-corrected chi connectivity index (χ0v) is 23.8. The van der Waals surface area contributed by atoms with Gasteiger partial charge >= 0.3 is 6.09 Å². The number of benzene rings is 1. The molecule has 1 amide bonds. The molecule has 9 heteroatoms. The number of carbonyl (C=O) groups excluding carboxylic acids is 1. The van der Waals surface area contributed by atoms with Crippen LogP contribution >= 0.6 is 0 Å². The van der Waals surface area contributed by atoms with E-state index in [1.807, 2.05) is 33.2 Å². The Morgan fingerprint density at radius 3 is 2.65 bits per heavy atom. The predicted molar refractivity (Wildman–Crippen MR) is 155 cm³/mol. The maximum atomic E-state index is 12.4. The Balaban J connectivity index is 1.06. The van der Waals surface area contributed by atoms with E-state index in [0.29, 0.717) is 19.5 Å². The number of rotatable bonds is 7. The SMILES string of the molecule is CC(C)(C)OC(=O)N1CCN(Cc2ccnc(Cc3nc4ccc(-c5cnn(CC6CCC6)c5)cc4[nH]3)c2)CC1. The lowest BCUT2D eigenvalue weighted by atomic mass is 9.85. The van der Waals surface area contributed by atoms with Gasteiger partial charge in [0, 0.05) is 69.3 Å². The molecule has 1 aliphatic heterocycles. The first kappa shape index (κ1) is 26.5. The summed E-state index contributed by atoms with van der Waals surface area (Å²) in [6.07, 6.45) is 10.4. The van der Waals surface area contributed by atoms with Gasteiger partial charge in [0.05, 0.1) is 17.2 Å². The number of piperazine rings is 1. The summed E-state index contributed by atoms with van der Waals surface area (Å²) >= 11 is 0. The highest BCUT2D eigenvalue weighted by Crippen LogP contribution is 2.29. The highest BCUT2D eigenvalue weighted by atomic mass is 16.6. The van der Waals surface area contributed by atoms with Crippen LogP contribution in [0, 0.1) is 5.92 Å². The van der Waals surface area contributed by atoms with Crippen molar-refractivity contribution in [3.63, 3.8) is 0 Å². The van der Waals surface area contributed by atoms with Crippen molar-refractivity contribution >= 4 is 17.1 Å². The summed E-state index contributed by atoms with van der Waals surface area (Å²) in [5.41, 5.74) is 6.00. The van der Waals surface area contributed by atoms with Crippen molar-refractivity contribution in [3.8, 4) is 11.1 Å². The largest absolute Gasteiger partial charge is 0.444 e. The summed E-state index contributed by atoms with van der Waals surface area (Å²) in [5, 5.41) is 4.59. The summed E-state index contributed by atoms with van der Waals surface area (Å²) in [4.78, 5) is 29.5. The first-order chi connectivity index (χ1) is 19.3. The molecule has 9 nitrogen and oxygen atoms in total. The van der Waals surface area contributed by atoms with Crippen LogP contribution in [0.15, 0.2) is 48.9 Å². The number of pyridine rings is 1. The summed E-state index contributed by atoms with van der Waals surface area (Å²) < 4.78 is 7.61. The van der Waals surface area contributed by atoms with E-state index < -0.39 is 5.60 Å². The predicted octanol–water partition coefficient (Wildman–Crippen LogP) is 5.27. The van der Waals surface area contributed by atoms with Gasteiger partial charge in [-0.3, -0.25) is 14.6 Å². The quantitative estimate of drug-likeness (QED) is 0.343. The molecule has 0 unspecified atom stereocenters. The molecule has 1 saturated carbocycles. The first-order valence-corrected chi connectivity index (χ1v) is 14.4. The van der Waals surface area contributed by atoms with E-state index in [1.165, 1.54) is 24.8 Å². The van der Waals surface area contributed by atoms with E-state index in [4.69, 9.17) is 9.72 Å². The molecule has 3 aromatic heterocycles. The fourth-order valence-electron chi connectivity index (χ4n) is 5.45. The average molecular weight is 542 g/mol. The molecule has 0 atom stereocenters. The van der Waals surface area contributed by atoms with Crippen molar-refractivity contribution in [2.24, 2.45) is 5.92 Å². The van der Waals surface area contributed by atoms with Crippen LogP contribution < -0.4 is 0 Å². The Labute approximate surface area is 235 Å². The first-order valence-electron chi connectivity index (χ1n) is 14.4. The Bertz CT molecular complexity index is 1470. The molecule has 1 saturated heterocycles. The Hall–Kier alpha value is -3.72. The highest BCUT2D eigenvalue weighted by molar-refractivity contribution is 5.81. The Morgan fingerprint density at radius 1 is 1.07 bits per heavy atom. The lowest BCUT2D eigenvalue weighted by Gasteiger charge is -2.35. The average Bonchev–Trinajstić information content (AvgIpc) is 3.52. The molecule has 0 spiro atoms. The van der Waals surface area contributed by atoms with E-state index in [0.717, 1.165) is 65.8 Å². The summed E-state index contributed by atoms with van der Waals surface area (Å²) in [6.45, 7) is 10.5. The molecular formula is C31H39N7O2. The third kappa shape index (κ3) is 6.36. The summed E-state index contributed by atoms with van der Waals surface area (Å²) in [7, 11) is 0. The van der Waals surface area contributed by atoms with Gasteiger partial charge in [-0.25, -0.2) is 9.78 Å². The third-order valence-corrected chi connectivity index (χ3v) is 7.83. The number of nitrogens with zero attached hydrogens (tertiary/aromatic N) is 6. The van der Waals surface area contributed by atoms with Crippen molar-refractivity contribution < 1.29 is 9.53 Å². The normalized spacial score (nSPS) is 16.8. The summed E-state index contributed by atoms with van der Waals surface area (Å²) in [5.74, 6) is 1.69. The number of ether oxygens (including phenoxy) is 1. The van der Waals surface area contributed by atoms with Gasteiger partial charge in [-0.05, 0) is 74.9 Å². The fraction of sp³-hybridized carbons (Fsp3) is 0.484. The topological polar surface area (TPSA) is 92.2 Å². The zero-order valence-electron chi connectivity index (χ0n) is 23.8. The van der Waals surface area contributed by atoms with E-state index in [2.05, 4.69) is 61.2 Å². The Kier molecular flexibility index (Phi) is 7.31. The van der Waals surface area contributed by atoms with Crippen molar-refractivity contribution in [1.82, 2.24) is 34.5 Å². The van der Waals surface area contributed by atoms with Gasteiger partial charge in [-0.15, -0.1) is 0 Å². The number of carbonyl (C=O) groups is 1. The van der Waals surface area contributed by atoms with Crippen LogP contribution in [0.2, 0.25) is 0 Å². The van der Waals surface area contributed by atoms with Gasteiger partial charge < -0.3 is 14.6 Å². The lowest BCUT2D eigenvalue weighted by Crippen LogP contribution is -2.49. The molecule has 6 rings (SSSR count). The van der Waals surface area contributed by atoms with Crippen molar-refractivity contribution in [3.05, 3.63) is 66.0 Å². The number of aromatic nitrogens is 5. The number of hydrogen-bond acceptors (Lipinski definition) is 6. The number of nitrogens with one attached hydrogen (secondary N) is 1. The zero-order chi connectivity index (χ0) is 27.7. The second-order valence-electron chi connectivity index (χ2n) is 12.2. The number of fused-ring (bicyclic) bond motifs is 1. The molecular weight excluding hydrogens is 502 g/mol. The van der Waals surface area contributed by atoms with Gasteiger partial charge in [0.1, 0.15) is 11.4 Å². The number of H-pyrrole nitrogens is 1. The van der Waals surface area contributed by atoms with E-state index >= 15 is 0 Å². The van der Waals surface area contributed by atoms with Gasteiger partial charge in [-0.1, -0.05) is 12.5 Å². The van der Waals surface area contributed by atoms with Crippen LogP contribution in [0.25, 0.3) is 22.2 Å². The van der Waals surface area contributed by atoms with E-state index in [1.54, 1.807) is 4.90 Å². The standard InChI is InChI=1S/C31H39N7O2/c1-31(2,3)40-30(39)37-13-11-36(12-14-37)19-23-9-10-32-26(15-23)17-29-34-27-8-7-24(16-28(27)35-29)25-18-33-38(21-25)20-22-5-4-6-22/h7-10,15-16,18,21-22H,4-6,11-14,17,19-20H2,1-3H3,(H,34,35). The minimum Gasteiger partial charge on any atom is -0.444 e. The molecule has 2 fully saturated rings. The van der Waals surface area contributed by atoms with Gasteiger partial charge in [0.2, 0.25) is 0 Å². The van der Waals surface area contributed by atoms with Crippen molar-refractivity contribution in [1.29, 1.82) is 0 Å². The molecule has 1 aromatic carbocycles. The summed E-state index contributed by atoms with van der Waals surface area (Å²) in [6, 6.07) is 10.6. The third-order valence-electron chi connectivity index (χ3n) is 7.83. The van der Waals surface area contributed by atoms with Gasteiger partial charge in [0.15, 0.2) is 0 Å². The number of amides is 1. The van der Waals surface area contributed by atoms with Crippen LogP contribution in [-0.4, -0.2) is 72.4 Å². The molecule has 2 aliphatic rings. The van der Waals surface area contributed by atoms with Gasteiger partial charge in [-0.2, -0.15) is 5.10 Å². The van der Waals surface area contributed by atoms with Crippen LogP contribution in [-0.2, 0) is 24.2 Å². The highest BCUT2D eigenvalue weighted by Gasteiger charge is 2.26. The van der Waals surface area contributed by atoms with Crippen LogP contribution in [0.5, 0.6) is 0 Å². The molecule has 0 bridgehead atoms. The number of aromatic amines is 1. The molecule has 1 N–H and O–H groups in total. The molecule has 4 heterocycles. The van der Waals surface area contributed by atoms with E-state index in [-0.39, 0.29) is 6.09 Å². The number of hydrogen-bond donors (Lipinski definition) is 1. The lowest BCUT2D eigenvalue weighted by molar-refractivity contribution is 0.0139. The molecule has 210 valence electrons. The van der Waals surface area contributed by atoms with Crippen molar-refractivity contribution in [2.75, 3.05) is 26.2 Å². The maximum Gasteiger partial charge on any atom is 0.410 e. The maximum absolute atomic E-state index is 12.4.